The smallest absolute Gasteiger partial charge is 0.177 e. The third-order valence-corrected chi connectivity index (χ3v) is 2.06. The fraction of sp³-hybridized carbons (Fsp3) is 0.444. The lowest BCUT2D eigenvalue weighted by molar-refractivity contribution is 0.791. The quantitative estimate of drug-likeness (QED) is 0.691. The van der Waals surface area contributed by atoms with Gasteiger partial charge in [0.1, 0.15) is 0 Å². The molecular formula is C9H12N4. The van der Waals surface area contributed by atoms with Gasteiger partial charge in [0.05, 0.1) is 5.69 Å². The van der Waals surface area contributed by atoms with Crippen molar-refractivity contribution in [1.29, 1.82) is 0 Å². The van der Waals surface area contributed by atoms with Crippen molar-refractivity contribution < 1.29 is 0 Å². The Bertz CT molecular complexity index is 418. The van der Waals surface area contributed by atoms with E-state index in [2.05, 4.69) is 29.1 Å². The lowest BCUT2D eigenvalue weighted by atomic mass is 10.3. The number of hydrogen-bond acceptors (Lipinski definition) is 3. The first-order valence-corrected chi connectivity index (χ1v) is 4.55. The zero-order valence-electron chi connectivity index (χ0n) is 7.86. The molecule has 0 saturated heterocycles. The highest BCUT2D eigenvalue weighted by atomic mass is 15.4. The Labute approximate surface area is 76.6 Å². The van der Waals surface area contributed by atoms with E-state index in [1.807, 2.05) is 16.6 Å². The van der Waals surface area contributed by atoms with Crippen molar-refractivity contribution in [3.8, 4) is 0 Å². The van der Waals surface area contributed by atoms with Crippen LogP contribution in [0, 0.1) is 0 Å². The van der Waals surface area contributed by atoms with Crippen LogP contribution in [0.2, 0.25) is 0 Å². The lowest BCUT2D eigenvalue weighted by Crippen LogP contribution is -2.00. The maximum Gasteiger partial charge on any atom is 0.177 e. The summed E-state index contributed by atoms with van der Waals surface area (Å²) < 4.78 is 1.82. The highest BCUT2D eigenvalue weighted by Crippen LogP contribution is 2.03. The molecule has 0 fully saturated rings. The predicted octanol–water partition coefficient (Wildman–Crippen LogP) is 1.25. The van der Waals surface area contributed by atoms with Crippen LogP contribution in [0.15, 0.2) is 12.1 Å². The molecule has 0 amide bonds. The van der Waals surface area contributed by atoms with Gasteiger partial charge in [-0.15, -0.1) is 10.2 Å². The Kier molecular flexibility index (Phi) is 1.96. The van der Waals surface area contributed by atoms with Crippen LogP contribution >= 0.6 is 0 Å². The van der Waals surface area contributed by atoms with Gasteiger partial charge in [-0.2, -0.15) is 9.61 Å². The lowest BCUT2D eigenvalue weighted by Gasteiger charge is -1.97. The largest absolute Gasteiger partial charge is 0.197 e. The number of nitrogens with zero attached hydrogens (tertiary/aromatic N) is 4. The molecule has 0 atom stereocenters. The van der Waals surface area contributed by atoms with Crippen LogP contribution in [0.3, 0.4) is 0 Å². The minimum atomic E-state index is 0.828. The summed E-state index contributed by atoms with van der Waals surface area (Å²) in [5.74, 6) is 0.922. The molecule has 13 heavy (non-hydrogen) atoms. The number of fused-ring (bicyclic) bond motifs is 1. The van der Waals surface area contributed by atoms with Crippen molar-refractivity contribution in [2.75, 3.05) is 0 Å². The van der Waals surface area contributed by atoms with E-state index in [1.165, 1.54) is 0 Å². The maximum atomic E-state index is 4.42. The summed E-state index contributed by atoms with van der Waals surface area (Å²) in [6, 6.07) is 3.95. The first-order chi connectivity index (χ1) is 6.35. The Morgan fingerprint density at radius 1 is 1.15 bits per heavy atom. The van der Waals surface area contributed by atoms with Gasteiger partial charge in [0, 0.05) is 6.42 Å². The van der Waals surface area contributed by atoms with Crippen molar-refractivity contribution in [3.63, 3.8) is 0 Å². The second-order valence-corrected chi connectivity index (χ2v) is 2.92. The van der Waals surface area contributed by atoms with Gasteiger partial charge in [-0.25, -0.2) is 0 Å². The van der Waals surface area contributed by atoms with Gasteiger partial charge in [-0.05, 0) is 18.6 Å². The van der Waals surface area contributed by atoms with Gasteiger partial charge in [0.15, 0.2) is 11.5 Å². The topological polar surface area (TPSA) is 43.1 Å². The molecule has 2 aromatic heterocycles. The van der Waals surface area contributed by atoms with Crippen LogP contribution in [0.5, 0.6) is 0 Å². The van der Waals surface area contributed by atoms with E-state index in [0.717, 1.165) is 30.0 Å². The maximum absolute atomic E-state index is 4.42. The summed E-state index contributed by atoms with van der Waals surface area (Å²) in [5, 5.41) is 12.5. The molecule has 0 aromatic carbocycles. The van der Waals surface area contributed by atoms with Crippen molar-refractivity contribution in [2.24, 2.45) is 0 Å². The van der Waals surface area contributed by atoms with Crippen molar-refractivity contribution in [1.82, 2.24) is 19.8 Å². The first-order valence-electron chi connectivity index (χ1n) is 4.55. The molecule has 68 valence electrons. The van der Waals surface area contributed by atoms with E-state index < -0.39 is 0 Å². The summed E-state index contributed by atoms with van der Waals surface area (Å²) in [6.45, 7) is 4.14. The third kappa shape index (κ3) is 1.28. The zero-order chi connectivity index (χ0) is 9.26. The minimum absolute atomic E-state index is 0.828. The Morgan fingerprint density at radius 3 is 2.69 bits per heavy atom. The molecule has 2 heterocycles. The Balaban J connectivity index is 2.64. The van der Waals surface area contributed by atoms with E-state index >= 15 is 0 Å². The second-order valence-electron chi connectivity index (χ2n) is 2.92. The zero-order valence-corrected chi connectivity index (χ0v) is 7.86. The molecule has 0 unspecified atom stereocenters. The van der Waals surface area contributed by atoms with Gasteiger partial charge in [-0.3, -0.25) is 0 Å². The van der Waals surface area contributed by atoms with Crippen LogP contribution < -0.4 is 0 Å². The third-order valence-electron chi connectivity index (χ3n) is 2.06. The Hall–Kier alpha value is -1.45. The molecule has 0 saturated carbocycles. The van der Waals surface area contributed by atoms with Crippen LogP contribution in [0.1, 0.15) is 25.4 Å². The molecule has 2 aromatic rings. The molecule has 4 heteroatoms. The van der Waals surface area contributed by atoms with Gasteiger partial charge in [0.25, 0.3) is 0 Å². The molecule has 0 radical (unpaired) electrons. The number of aryl methyl sites for hydroxylation is 2. The van der Waals surface area contributed by atoms with Crippen LogP contribution in [-0.2, 0) is 12.8 Å². The average molecular weight is 176 g/mol. The SMILES string of the molecule is CCc1ccc2nnc(CC)n2n1. The molecular weight excluding hydrogens is 164 g/mol. The predicted molar refractivity (Wildman–Crippen MR) is 49.5 cm³/mol. The minimum Gasteiger partial charge on any atom is -0.197 e. The monoisotopic (exact) mass is 176 g/mol. The van der Waals surface area contributed by atoms with Gasteiger partial charge in [0.2, 0.25) is 0 Å². The van der Waals surface area contributed by atoms with E-state index in [4.69, 9.17) is 0 Å². The molecule has 2 rings (SSSR count). The number of rotatable bonds is 2. The summed E-state index contributed by atoms with van der Waals surface area (Å²) in [5.41, 5.74) is 1.90. The van der Waals surface area contributed by atoms with Crippen molar-refractivity contribution in [2.45, 2.75) is 26.7 Å². The van der Waals surface area contributed by atoms with Crippen LogP contribution in [0.4, 0.5) is 0 Å². The molecule has 0 spiro atoms. The van der Waals surface area contributed by atoms with E-state index in [-0.39, 0.29) is 0 Å². The normalized spacial score (nSPS) is 10.9. The second kappa shape index (κ2) is 3.12. The Morgan fingerprint density at radius 2 is 2.00 bits per heavy atom. The number of hydrogen-bond donors (Lipinski definition) is 0. The summed E-state index contributed by atoms with van der Waals surface area (Å²) >= 11 is 0. The van der Waals surface area contributed by atoms with E-state index in [1.54, 1.807) is 0 Å². The van der Waals surface area contributed by atoms with E-state index in [0.29, 0.717) is 0 Å². The van der Waals surface area contributed by atoms with Gasteiger partial charge >= 0.3 is 0 Å². The average Bonchev–Trinajstić information content (AvgIpc) is 2.59. The van der Waals surface area contributed by atoms with Crippen LogP contribution in [-0.4, -0.2) is 19.8 Å². The van der Waals surface area contributed by atoms with Crippen LogP contribution in [0.25, 0.3) is 5.65 Å². The highest BCUT2D eigenvalue weighted by Gasteiger charge is 2.03. The molecule has 0 aliphatic heterocycles. The number of aromatic nitrogens is 4. The first kappa shape index (κ1) is 8.16. The van der Waals surface area contributed by atoms with Gasteiger partial charge < -0.3 is 0 Å². The van der Waals surface area contributed by atoms with Crippen molar-refractivity contribution >= 4 is 5.65 Å². The molecule has 0 aliphatic rings. The molecule has 0 N–H and O–H groups in total. The fourth-order valence-corrected chi connectivity index (χ4v) is 1.28. The fourth-order valence-electron chi connectivity index (χ4n) is 1.28. The summed E-state index contributed by atoms with van der Waals surface area (Å²) in [7, 11) is 0. The standard InChI is InChI=1S/C9H12N4/c1-3-7-5-6-9-11-10-8(4-2)13(9)12-7/h5-6H,3-4H2,1-2H3. The van der Waals surface area contributed by atoms with Gasteiger partial charge in [-0.1, -0.05) is 13.8 Å². The molecule has 0 aliphatic carbocycles. The van der Waals surface area contributed by atoms with Crippen molar-refractivity contribution in [3.05, 3.63) is 23.7 Å². The molecule has 0 bridgehead atoms. The summed E-state index contributed by atoms with van der Waals surface area (Å²) in [4.78, 5) is 0. The highest BCUT2D eigenvalue weighted by molar-refractivity contribution is 5.36. The van der Waals surface area contributed by atoms with E-state index in [9.17, 15) is 0 Å². The summed E-state index contributed by atoms with van der Waals surface area (Å²) in [6.07, 6.45) is 1.80. The molecule has 4 nitrogen and oxygen atoms in total.